The molecule has 9 nitrogen and oxygen atoms in total. The van der Waals surface area contributed by atoms with Crippen molar-refractivity contribution in [3.05, 3.63) is 35.9 Å². The van der Waals surface area contributed by atoms with Gasteiger partial charge in [-0.15, -0.1) is 0 Å². The monoisotopic (exact) mass is 440 g/mol. The first-order valence-corrected chi connectivity index (χ1v) is 8.93. The average Bonchev–Trinajstić information content (AvgIpc) is 3.36. The Morgan fingerprint density at radius 3 is 2.61 bits per heavy atom. The van der Waals surface area contributed by atoms with E-state index >= 15 is 0 Å². The average molecular weight is 440 g/mol. The smallest absolute Gasteiger partial charge is 0.490 e. The molecule has 0 saturated carbocycles. The molecule has 0 bridgehead atoms. The third-order valence-electron chi connectivity index (χ3n) is 4.22. The second kappa shape index (κ2) is 9.94. The Bertz CT molecular complexity index is 984. The molecule has 1 aromatic heterocycles. The van der Waals surface area contributed by atoms with Gasteiger partial charge >= 0.3 is 18.1 Å². The van der Waals surface area contributed by atoms with E-state index in [1.807, 2.05) is 0 Å². The first-order chi connectivity index (χ1) is 14.5. The van der Waals surface area contributed by atoms with E-state index in [1.165, 1.54) is 13.3 Å². The number of ether oxygens (including phenoxy) is 1. The second-order valence-electron chi connectivity index (χ2n) is 6.57. The van der Waals surface area contributed by atoms with Gasteiger partial charge in [-0.2, -0.15) is 18.4 Å². The molecule has 0 spiro atoms. The Kier molecular flexibility index (Phi) is 7.60. The summed E-state index contributed by atoms with van der Waals surface area (Å²) in [6.07, 6.45) is -2.75. The minimum Gasteiger partial charge on any atom is -0.496 e. The SMILES string of the molecule is COc1ccc(C#N)cc1-c1cnc(C(=O)N[C@H]2CN[C@H](C)C2)o1.O=C(O)C(F)(F)F. The van der Waals surface area contributed by atoms with Crippen LogP contribution < -0.4 is 15.4 Å². The molecule has 0 radical (unpaired) electrons. The number of aliphatic carboxylic acids is 1. The number of hydrogen-bond acceptors (Lipinski definition) is 7. The molecule has 3 N–H and O–H groups in total. The van der Waals surface area contributed by atoms with E-state index in [0.717, 1.165) is 13.0 Å². The molecule has 2 atom stereocenters. The van der Waals surface area contributed by atoms with E-state index in [9.17, 15) is 18.0 Å². The number of nitrogens with zero attached hydrogens (tertiary/aromatic N) is 2. The summed E-state index contributed by atoms with van der Waals surface area (Å²) in [6.45, 7) is 2.81. The van der Waals surface area contributed by atoms with Crippen LogP contribution in [0.15, 0.2) is 28.8 Å². The van der Waals surface area contributed by atoms with E-state index in [-0.39, 0.29) is 17.8 Å². The van der Waals surface area contributed by atoms with Crippen molar-refractivity contribution >= 4 is 11.9 Å². The number of nitriles is 1. The molecule has 1 aliphatic rings. The molecule has 31 heavy (non-hydrogen) atoms. The highest BCUT2D eigenvalue weighted by molar-refractivity contribution is 5.90. The van der Waals surface area contributed by atoms with E-state index in [1.54, 1.807) is 18.2 Å². The molecule has 1 aromatic carbocycles. The molecule has 0 unspecified atom stereocenters. The lowest BCUT2D eigenvalue weighted by molar-refractivity contribution is -0.192. The Morgan fingerprint density at radius 1 is 1.42 bits per heavy atom. The van der Waals surface area contributed by atoms with Crippen LogP contribution in [0, 0.1) is 11.3 Å². The van der Waals surface area contributed by atoms with Crippen LogP contribution in [0.3, 0.4) is 0 Å². The number of hydrogen-bond donors (Lipinski definition) is 3. The number of methoxy groups -OCH3 is 1. The Morgan fingerprint density at radius 2 is 2.10 bits per heavy atom. The number of alkyl halides is 3. The van der Waals surface area contributed by atoms with Gasteiger partial charge in [0.05, 0.1) is 30.5 Å². The van der Waals surface area contributed by atoms with Gasteiger partial charge in [-0.3, -0.25) is 4.79 Å². The van der Waals surface area contributed by atoms with E-state index in [2.05, 4.69) is 28.6 Å². The van der Waals surface area contributed by atoms with Crippen LogP contribution in [0.5, 0.6) is 5.75 Å². The zero-order valence-electron chi connectivity index (χ0n) is 16.5. The molecular weight excluding hydrogens is 421 g/mol. The number of carbonyl (C=O) groups excluding carboxylic acids is 1. The maximum atomic E-state index is 12.3. The molecule has 166 valence electrons. The molecule has 1 fully saturated rings. The molecule has 3 rings (SSSR count). The summed E-state index contributed by atoms with van der Waals surface area (Å²) < 4.78 is 42.6. The van der Waals surface area contributed by atoms with Crippen LogP contribution in [0.4, 0.5) is 13.2 Å². The van der Waals surface area contributed by atoms with Crippen LogP contribution in [0.25, 0.3) is 11.3 Å². The molecule has 0 aliphatic carbocycles. The summed E-state index contributed by atoms with van der Waals surface area (Å²) in [6, 6.07) is 7.50. The molecule has 12 heteroatoms. The number of carboxylic acids is 1. The fourth-order valence-electron chi connectivity index (χ4n) is 2.77. The lowest BCUT2D eigenvalue weighted by atomic mass is 10.1. The van der Waals surface area contributed by atoms with Gasteiger partial charge in [0.2, 0.25) is 0 Å². The third kappa shape index (κ3) is 6.45. The number of halogens is 3. The van der Waals surface area contributed by atoms with Gasteiger partial charge in [-0.05, 0) is 31.5 Å². The van der Waals surface area contributed by atoms with Crippen molar-refractivity contribution in [1.82, 2.24) is 15.6 Å². The van der Waals surface area contributed by atoms with Crippen LogP contribution in [0.1, 0.15) is 29.6 Å². The maximum Gasteiger partial charge on any atom is 0.490 e. The van der Waals surface area contributed by atoms with Crippen LogP contribution in [-0.4, -0.2) is 53.9 Å². The Labute approximate surface area is 174 Å². The van der Waals surface area contributed by atoms with Crippen LogP contribution in [-0.2, 0) is 4.79 Å². The summed E-state index contributed by atoms with van der Waals surface area (Å²) in [4.78, 5) is 25.2. The highest BCUT2D eigenvalue weighted by atomic mass is 19.4. The first kappa shape index (κ1) is 23.7. The zero-order valence-corrected chi connectivity index (χ0v) is 16.5. The Hall–Kier alpha value is -3.59. The molecule has 2 heterocycles. The van der Waals surface area contributed by atoms with Crippen molar-refractivity contribution in [1.29, 1.82) is 5.26 Å². The van der Waals surface area contributed by atoms with Gasteiger partial charge in [0.1, 0.15) is 5.75 Å². The number of nitrogens with one attached hydrogen (secondary N) is 2. The minimum atomic E-state index is -5.08. The normalized spacial score (nSPS) is 17.8. The van der Waals surface area contributed by atoms with Crippen molar-refractivity contribution in [3.8, 4) is 23.1 Å². The third-order valence-corrected chi connectivity index (χ3v) is 4.22. The van der Waals surface area contributed by atoms with Crippen molar-refractivity contribution in [2.75, 3.05) is 13.7 Å². The summed E-state index contributed by atoms with van der Waals surface area (Å²) in [7, 11) is 1.53. The van der Waals surface area contributed by atoms with Crippen molar-refractivity contribution < 1.29 is 37.0 Å². The van der Waals surface area contributed by atoms with Crippen molar-refractivity contribution in [2.45, 2.75) is 31.6 Å². The second-order valence-corrected chi connectivity index (χ2v) is 6.57. The van der Waals surface area contributed by atoms with Crippen molar-refractivity contribution in [3.63, 3.8) is 0 Å². The number of aromatic nitrogens is 1. The molecule has 2 aromatic rings. The number of rotatable bonds is 4. The van der Waals surface area contributed by atoms with Gasteiger partial charge in [0, 0.05) is 18.6 Å². The summed E-state index contributed by atoms with van der Waals surface area (Å²) in [5.41, 5.74) is 1.05. The number of benzene rings is 1. The van der Waals surface area contributed by atoms with E-state index in [0.29, 0.717) is 28.7 Å². The van der Waals surface area contributed by atoms with E-state index < -0.39 is 12.1 Å². The molecular formula is C19H19F3N4O5. The van der Waals surface area contributed by atoms with Crippen molar-refractivity contribution in [2.24, 2.45) is 0 Å². The fourth-order valence-corrected chi connectivity index (χ4v) is 2.77. The Balaban J connectivity index is 0.000000423. The predicted molar refractivity (Wildman–Crippen MR) is 100 cm³/mol. The summed E-state index contributed by atoms with van der Waals surface area (Å²) in [5, 5.41) is 22.3. The topological polar surface area (TPSA) is 137 Å². The zero-order chi connectivity index (χ0) is 23.2. The van der Waals surface area contributed by atoms with Crippen LogP contribution >= 0.6 is 0 Å². The standard InChI is InChI=1S/C17H18N4O3.C2HF3O2/c1-10-5-12(8-19-10)21-16(22)17-20-9-15(24-17)13-6-11(7-18)3-4-14(13)23-2;3-2(4,5)1(6)7/h3-4,6,9-10,12,19H,5,8H2,1-2H3,(H,21,22);(H,6,7)/t10-,12-;/m1./s1. The highest BCUT2D eigenvalue weighted by Gasteiger charge is 2.38. The van der Waals surface area contributed by atoms with E-state index in [4.69, 9.17) is 24.3 Å². The largest absolute Gasteiger partial charge is 0.496 e. The molecule has 1 amide bonds. The number of carboxylic acid groups (broad SMARTS) is 1. The predicted octanol–water partition coefficient (Wildman–Crippen LogP) is 2.34. The lowest BCUT2D eigenvalue weighted by Gasteiger charge is -2.09. The molecule has 1 saturated heterocycles. The summed E-state index contributed by atoms with van der Waals surface area (Å²) in [5.74, 6) is -2.18. The quantitative estimate of drug-likeness (QED) is 0.659. The van der Waals surface area contributed by atoms with Gasteiger partial charge in [0.25, 0.3) is 5.89 Å². The van der Waals surface area contributed by atoms with Gasteiger partial charge < -0.3 is 24.9 Å². The number of oxazole rings is 1. The number of carbonyl (C=O) groups is 2. The number of amides is 1. The molecule has 1 aliphatic heterocycles. The lowest BCUT2D eigenvalue weighted by Crippen LogP contribution is -2.36. The highest BCUT2D eigenvalue weighted by Crippen LogP contribution is 2.31. The van der Waals surface area contributed by atoms with Gasteiger partial charge in [-0.25, -0.2) is 9.78 Å². The van der Waals surface area contributed by atoms with Crippen LogP contribution in [0.2, 0.25) is 0 Å². The fraction of sp³-hybridized carbons (Fsp3) is 0.368. The maximum absolute atomic E-state index is 12.3. The van der Waals surface area contributed by atoms with Gasteiger partial charge in [0.15, 0.2) is 5.76 Å². The van der Waals surface area contributed by atoms with Gasteiger partial charge in [-0.1, -0.05) is 0 Å². The minimum absolute atomic E-state index is 0.00559. The first-order valence-electron chi connectivity index (χ1n) is 8.93. The summed E-state index contributed by atoms with van der Waals surface area (Å²) >= 11 is 0.